The Labute approximate surface area is 256 Å². The van der Waals surface area contributed by atoms with Crippen LogP contribution in [0.2, 0.25) is 0 Å². The first-order valence-electron chi connectivity index (χ1n) is 14.0. The molecule has 2 aromatic heterocycles. The predicted octanol–water partition coefficient (Wildman–Crippen LogP) is 9.68. The molecule has 0 unspecified atom stereocenters. The lowest BCUT2D eigenvalue weighted by Gasteiger charge is -2.23. The fourth-order valence-corrected chi connectivity index (χ4v) is 6.09. The molecular formula is C37H26BrFN2O2. The lowest BCUT2D eigenvalue weighted by atomic mass is 9.95. The van der Waals surface area contributed by atoms with E-state index in [4.69, 9.17) is 9.72 Å². The number of benzene rings is 5. The third-order valence-electron chi connectivity index (χ3n) is 7.66. The van der Waals surface area contributed by atoms with E-state index in [2.05, 4.69) is 28.1 Å². The Morgan fingerprint density at radius 2 is 1.49 bits per heavy atom. The highest BCUT2D eigenvalue weighted by Crippen LogP contribution is 2.48. The summed E-state index contributed by atoms with van der Waals surface area (Å²) in [5.41, 5.74) is 5.38. The predicted molar refractivity (Wildman–Crippen MR) is 173 cm³/mol. The molecule has 0 aliphatic rings. The van der Waals surface area contributed by atoms with Crippen LogP contribution in [0.5, 0.6) is 11.6 Å². The minimum absolute atomic E-state index is 0.0537. The van der Waals surface area contributed by atoms with Crippen molar-refractivity contribution in [3.05, 3.63) is 161 Å². The summed E-state index contributed by atoms with van der Waals surface area (Å²) in [7, 11) is 0. The van der Waals surface area contributed by atoms with E-state index in [0.717, 1.165) is 43.1 Å². The number of nitrogens with zero attached hydrogens (tertiary/aromatic N) is 2. The lowest BCUT2D eigenvalue weighted by Crippen LogP contribution is -2.10. The summed E-state index contributed by atoms with van der Waals surface area (Å²) >= 11 is 3.63. The molecule has 0 aliphatic carbocycles. The molecule has 210 valence electrons. The van der Waals surface area contributed by atoms with Gasteiger partial charge in [0.15, 0.2) is 5.75 Å². The van der Waals surface area contributed by atoms with E-state index in [9.17, 15) is 9.50 Å². The van der Waals surface area contributed by atoms with Crippen LogP contribution >= 0.6 is 15.9 Å². The summed E-state index contributed by atoms with van der Waals surface area (Å²) in [6.07, 6.45) is 3.24. The Bertz CT molecular complexity index is 2020. The monoisotopic (exact) mass is 628 g/mol. The molecule has 0 fully saturated rings. The SMILES string of the molecule is Oc1c2c(OC(c3ccccc3)c3ccccc3)c3ncccc3c(-c3cccc(Br)c3)c2cn1Cc1ccc(F)cc1. The number of aromatic hydroxyl groups is 1. The molecular weight excluding hydrogens is 603 g/mol. The maximum absolute atomic E-state index is 13.7. The maximum atomic E-state index is 13.7. The molecule has 0 bridgehead atoms. The van der Waals surface area contributed by atoms with Crippen molar-refractivity contribution in [3.63, 3.8) is 0 Å². The average Bonchev–Trinajstić information content (AvgIpc) is 3.36. The first-order chi connectivity index (χ1) is 21.1. The Morgan fingerprint density at radius 3 is 2.16 bits per heavy atom. The summed E-state index contributed by atoms with van der Waals surface area (Å²) < 4.78 is 23.4. The number of halogens is 2. The highest BCUT2D eigenvalue weighted by atomic mass is 79.9. The molecule has 7 aromatic rings. The molecule has 0 radical (unpaired) electrons. The van der Waals surface area contributed by atoms with Crippen molar-refractivity contribution in [2.75, 3.05) is 0 Å². The minimum atomic E-state index is -0.452. The van der Waals surface area contributed by atoms with E-state index in [0.29, 0.717) is 23.2 Å². The van der Waals surface area contributed by atoms with Crippen molar-refractivity contribution in [3.8, 4) is 22.8 Å². The standard InChI is InChI=1S/C37H26BrFN2O2/c38-28-14-7-13-27(21-28)32-30-15-8-20-40-34(30)36(43-35(25-9-3-1-4-10-25)26-11-5-2-6-12-26)33-31(32)23-41(37(33)42)22-24-16-18-29(39)19-17-24/h1-21,23,35,42H,22H2. The zero-order valence-corrected chi connectivity index (χ0v) is 24.6. The van der Waals surface area contributed by atoms with Gasteiger partial charge in [0.2, 0.25) is 5.88 Å². The van der Waals surface area contributed by atoms with Crippen molar-refractivity contribution < 1.29 is 14.2 Å². The molecule has 1 N–H and O–H groups in total. The van der Waals surface area contributed by atoms with Crippen molar-refractivity contribution in [2.45, 2.75) is 12.6 Å². The second-order valence-corrected chi connectivity index (χ2v) is 11.3. The van der Waals surface area contributed by atoms with Gasteiger partial charge in [-0.3, -0.25) is 4.98 Å². The van der Waals surface area contributed by atoms with Crippen LogP contribution < -0.4 is 4.74 Å². The van der Waals surface area contributed by atoms with Crippen LogP contribution in [0.3, 0.4) is 0 Å². The molecule has 4 nitrogen and oxygen atoms in total. The van der Waals surface area contributed by atoms with Gasteiger partial charge in [-0.2, -0.15) is 0 Å². The third-order valence-corrected chi connectivity index (χ3v) is 8.15. The molecule has 0 aliphatic heterocycles. The smallest absolute Gasteiger partial charge is 0.203 e. The Morgan fingerprint density at radius 1 is 0.791 bits per heavy atom. The van der Waals surface area contributed by atoms with Crippen LogP contribution in [-0.4, -0.2) is 14.7 Å². The molecule has 43 heavy (non-hydrogen) atoms. The normalized spacial score (nSPS) is 11.4. The van der Waals surface area contributed by atoms with E-state index in [1.807, 2.05) is 91.1 Å². The lowest BCUT2D eigenvalue weighted by molar-refractivity contribution is 0.252. The van der Waals surface area contributed by atoms with Crippen LogP contribution in [0.1, 0.15) is 22.8 Å². The quantitative estimate of drug-likeness (QED) is 0.191. The Balaban J connectivity index is 1.52. The van der Waals surface area contributed by atoms with Gasteiger partial charge < -0.3 is 14.4 Å². The molecule has 0 saturated carbocycles. The van der Waals surface area contributed by atoms with Gasteiger partial charge in [-0.05, 0) is 52.6 Å². The summed E-state index contributed by atoms with van der Waals surface area (Å²) in [6.45, 7) is 0.350. The number of ether oxygens (including phenoxy) is 1. The number of pyridine rings is 1. The first kappa shape index (κ1) is 26.9. The average molecular weight is 630 g/mol. The van der Waals surface area contributed by atoms with Crippen molar-refractivity contribution in [2.24, 2.45) is 0 Å². The summed E-state index contributed by atoms with van der Waals surface area (Å²) in [4.78, 5) is 4.83. The van der Waals surface area contributed by atoms with Gasteiger partial charge in [-0.15, -0.1) is 0 Å². The first-order valence-corrected chi connectivity index (χ1v) is 14.8. The number of rotatable bonds is 7. The molecule has 0 atom stereocenters. The van der Waals surface area contributed by atoms with Gasteiger partial charge >= 0.3 is 0 Å². The van der Waals surface area contributed by atoms with E-state index in [1.54, 1.807) is 22.9 Å². The molecule has 0 spiro atoms. The maximum Gasteiger partial charge on any atom is 0.203 e. The topological polar surface area (TPSA) is 47.3 Å². The molecule has 0 amide bonds. The van der Waals surface area contributed by atoms with Gasteiger partial charge in [0.25, 0.3) is 0 Å². The van der Waals surface area contributed by atoms with Crippen LogP contribution in [0, 0.1) is 5.82 Å². The van der Waals surface area contributed by atoms with Crippen molar-refractivity contribution in [1.82, 2.24) is 9.55 Å². The van der Waals surface area contributed by atoms with E-state index >= 15 is 0 Å². The number of hydrogen-bond donors (Lipinski definition) is 1. The summed E-state index contributed by atoms with van der Waals surface area (Å²) in [5.74, 6) is 0.249. The van der Waals surface area contributed by atoms with Crippen LogP contribution in [0.25, 0.3) is 32.8 Å². The number of aromatic nitrogens is 2. The Hall–Kier alpha value is -4.94. The molecule has 7 rings (SSSR count). The van der Waals surface area contributed by atoms with Gasteiger partial charge in [-0.1, -0.05) is 107 Å². The molecule has 6 heteroatoms. The summed E-state index contributed by atoms with van der Waals surface area (Å²) in [6, 6.07) is 38.5. The minimum Gasteiger partial charge on any atom is -0.494 e. The van der Waals surface area contributed by atoms with Crippen molar-refractivity contribution >= 4 is 37.6 Å². The van der Waals surface area contributed by atoms with E-state index in [-0.39, 0.29) is 11.7 Å². The van der Waals surface area contributed by atoms with Crippen molar-refractivity contribution in [1.29, 1.82) is 0 Å². The van der Waals surface area contributed by atoms with Crippen LogP contribution in [-0.2, 0) is 6.54 Å². The number of hydrogen-bond acceptors (Lipinski definition) is 3. The fraction of sp³-hybridized carbons (Fsp3) is 0.0541. The van der Waals surface area contributed by atoms with Gasteiger partial charge in [-0.25, -0.2) is 4.39 Å². The Kier molecular flexibility index (Phi) is 7.13. The molecule has 0 saturated heterocycles. The highest BCUT2D eigenvalue weighted by molar-refractivity contribution is 9.10. The van der Waals surface area contributed by atoms with Gasteiger partial charge in [0, 0.05) is 33.2 Å². The van der Waals surface area contributed by atoms with E-state index in [1.165, 1.54) is 12.1 Å². The summed E-state index contributed by atoms with van der Waals surface area (Å²) in [5, 5.41) is 14.2. The second kappa shape index (κ2) is 11.4. The zero-order valence-electron chi connectivity index (χ0n) is 23.0. The fourth-order valence-electron chi connectivity index (χ4n) is 5.69. The molecule has 5 aromatic carbocycles. The highest BCUT2D eigenvalue weighted by Gasteiger charge is 2.26. The number of fused-ring (bicyclic) bond motifs is 2. The second-order valence-electron chi connectivity index (χ2n) is 10.4. The van der Waals surface area contributed by atoms with Crippen LogP contribution in [0.15, 0.2) is 138 Å². The zero-order chi connectivity index (χ0) is 29.3. The van der Waals surface area contributed by atoms with E-state index < -0.39 is 6.10 Å². The van der Waals surface area contributed by atoms with Crippen LogP contribution in [0.4, 0.5) is 4.39 Å². The van der Waals surface area contributed by atoms with Gasteiger partial charge in [0.1, 0.15) is 17.4 Å². The van der Waals surface area contributed by atoms with Gasteiger partial charge in [0.05, 0.1) is 11.9 Å². The molecule has 2 heterocycles. The largest absolute Gasteiger partial charge is 0.494 e. The third kappa shape index (κ3) is 5.15.